The first-order chi connectivity index (χ1) is 5.16. The van der Waals surface area contributed by atoms with Crippen LogP contribution in [0.1, 0.15) is 33.6 Å². The molecule has 0 aliphatic heterocycles. The van der Waals surface area contributed by atoms with Crippen molar-refractivity contribution in [1.29, 1.82) is 0 Å². The van der Waals surface area contributed by atoms with E-state index in [1.165, 1.54) is 0 Å². The van der Waals surface area contributed by atoms with Crippen LogP contribution in [0.3, 0.4) is 0 Å². The van der Waals surface area contributed by atoms with Gasteiger partial charge in [-0.1, -0.05) is 20.8 Å². The highest BCUT2D eigenvalue weighted by Gasteiger charge is 2.03. The third-order valence-corrected chi connectivity index (χ3v) is 2.27. The average molecular weight is 174 g/mol. The Morgan fingerprint density at radius 2 is 2.09 bits per heavy atom. The standard InChI is InChI=1S/C9H18OS/c1-4-11-6-5-9(10)7-8(2)3/h8H,4-7H2,1-3H3. The van der Waals surface area contributed by atoms with Gasteiger partial charge in [-0.3, -0.25) is 4.79 Å². The minimum Gasteiger partial charge on any atom is -0.300 e. The van der Waals surface area contributed by atoms with Gasteiger partial charge in [0.15, 0.2) is 0 Å². The van der Waals surface area contributed by atoms with Gasteiger partial charge in [0.1, 0.15) is 5.78 Å². The van der Waals surface area contributed by atoms with Gasteiger partial charge in [0, 0.05) is 18.6 Å². The maximum Gasteiger partial charge on any atom is 0.133 e. The van der Waals surface area contributed by atoms with E-state index < -0.39 is 0 Å². The summed E-state index contributed by atoms with van der Waals surface area (Å²) in [6, 6.07) is 0. The first kappa shape index (κ1) is 11.0. The number of carbonyl (C=O) groups excluding carboxylic acids is 1. The molecule has 0 fully saturated rings. The second-order valence-electron chi connectivity index (χ2n) is 3.08. The second-order valence-corrected chi connectivity index (χ2v) is 4.48. The van der Waals surface area contributed by atoms with E-state index in [2.05, 4.69) is 20.8 Å². The molecule has 0 rings (SSSR count). The number of hydrogen-bond acceptors (Lipinski definition) is 2. The maximum atomic E-state index is 11.1. The average Bonchev–Trinajstić information content (AvgIpc) is 1.86. The van der Waals surface area contributed by atoms with Crippen molar-refractivity contribution < 1.29 is 4.79 Å². The van der Waals surface area contributed by atoms with Crippen LogP contribution in [-0.2, 0) is 4.79 Å². The fraction of sp³-hybridized carbons (Fsp3) is 0.889. The van der Waals surface area contributed by atoms with E-state index in [1.807, 2.05) is 11.8 Å². The zero-order chi connectivity index (χ0) is 8.69. The van der Waals surface area contributed by atoms with Crippen LogP contribution in [0.15, 0.2) is 0 Å². The first-order valence-corrected chi connectivity index (χ1v) is 5.41. The molecule has 11 heavy (non-hydrogen) atoms. The summed E-state index contributed by atoms with van der Waals surface area (Å²) in [6.07, 6.45) is 1.51. The highest BCUT2D eigenvalue weighted by Crippen LogP contribution is 2.06. The molecule has 0 radical (unpaired) electrons. The molecule has 0 aromatic carbocycles. The summed E-state index contributed by atoms with van der Waals surface area (Å²) in [5.41, 5.74) is 0. The van der Waals surface area contributed by atoms with Gasteiger partial charge in [0.25, 0.3) is 0 Å². The number of carbonyl (C=O) groups is 1. The third kappa shape index (κ3) is 7.92. The lowest BCUT2D eigenvalue weighted by atomic mass is 10.1. The highest BCUT2D eigenvalue weighted by atomic mass is 32.2. The van der Waals surface area contributed by atoms with Gasteiger partial charge in [0.2, 0.25) is 0 Å². The summed E-state index contributed by atoms with van der Waals surface area (Å²) in [7, 11) is 0. The molecule has 0 aliphatic rings. The minimum absolute atomic E-state index is 0.418. The van der Waals surface area contributed by atoms with Gasteiger partial charge < -0.3 is 0 Å². The Morgan fingerprint density at radius 1 is 1.45 bits per heavy atom. The molecule has 0 saturated carbocycles. The van der Waals surface area contributed by atoms with Crippen LogP contribution >= 0.6 is 11.8 Å². The van der Waals surface area contributed by atoms with Crippen molar-refractivity contribution in [1.82, 2.24) is 0 Å². The van der Waals surface area contributed by atoms with Crippen molar-refractivity contribution in [2.45, 2.75) is 33.6 Å². The molecular formula is C9H18OS. The van der Waals surface area contributed by atoms with E-state index in [1.54, 1.807) is 0 Å². The molecule has 0 N–H and O–H groups in total. The molecule has 0 amide bonds. The van der Waals surface area contributed by atoms with Crippen molar-refractivity contribution in [2.24, 2.45) is 5.92 Å². The zero-order valence-electron chi connectivity index (χ0n) is 7.72. The lowest BCUT2D eigenvalue weighted by Crippen LogP contribution is -2.03. The molecule has 0 saturated heterocycles. The molecule has 2 heteroatoms. The SMILES string of the molecule is CCSCCC(=O)CC(C)C. The van der Waals surface area contributed by atoms with Crippen molar-refractivity contribution in [3.63, 3.8) is 0 Å². The van der Waals surface area contributed by atoms with Gasteiger partial charge in [-0.05, 0) is 11.7 Å². The lowest BCUT2D eigenvalue weighted by Gasteiger charge is -2.02. The van der Waals surface area contributed by atoms with Crippen LogP contribution < -0.4 is 0 Å². The summed E-state index contributed by atoms with van der Waals surface area (Å²) in [5, 5.41) is 0. The topological polar surface area (TPSA) is 17.1 Å². The Bertz CT molecular complexity index is 110. The predicted octanol–water partition coefficient (Wildman–Crippen LogP) is 2.74. The number of ketones is 1. The Hall–Kier alpha value is 0.0200. The Labute approximate surface area is 73.9 Å². The Kier molecular flexibility index (Phi) is 6.73. The van der Waals surface area contributed by atoms with Gasteiger partial charge >= 0.3 is 0 Å². The lowest BCUT2D eigenvalue weighted by molar-refractivity contribution is -0.119. The fourth-order valence-electron chi connectivity index (χ4n) is 0.888. The van der Waals surface area contributed by atoms with Crippen LogP contribution in [0.5, 0.6) is 0 Å². The molecule has 0 unspecified atom stereocenters. The number of rotatable bonds is 6. The van der Waals surface area contributed by atoms with Crippen molar-refractivity contribution in [2.75, 3.05) is 11.5 Å². The van der Waals surface area contributed by atoms with Crippen LogP contribution in [0.2, 0.25) is 0 Å². The number of hydrogen-bond donors (Lipinski definition) is 0. The van der Waals surface area contributed by atoms with Gasteiger partial charge in [-0.2, -0.15) is 11.8 Å². The summed E-state index contributed by atoms with van der Waals surface area (Å²) < 4.78 is 0. The number of thioether (sulfide) groups is 1. The molecule has 1 nitrogen and oxygen atoms in total. The Balaban J connectivity index is 3.23. The maximum absolute atomic E-state index is 11.1. The van der Waals surface area contributed by atoms with E-state index in [0.29, 0.717) is 11.7 Å². The molecule has 66 valence electrons. The van der Waals surface area contributed by atoms with Crippen molar-refractivity contribution in [3.8, 4) is 0 Å². The summed E-state index contributed by atoms with van der Waals surface area (Å²) in [5.74, 6) is 3.06. The molecule has 0 aromatic heterocycles. The number of Topliss-reactive ketones (excluding diaryl/α,β-unsaturated/α-hetero) is 1. The van der Waals surface area contributed by atoms with Crippen molar-refractivity contribution in [3.05, 3.63) is 0 Å². The van der Waals surface area contributed by atoms with Gasteiger partial charge in [-0.25, -0.2) is 0 Å². The molecule has 0 aromatic rings. The van der Waals surface area contributed by atoms with E-state index in [4.69, 9.17) is 0 Å². The van der Waals surface area contributed by atoms with E-state index in [9.17, 15) is 4.79 Å². The van der Waals surface area contributed by atoms with Gasteiger partial charge in [0.05, 0.1) is 0 Å². The molecule has 0 bridgehead atoms. The normalized spacial score (nSPS) is 10.5. The van der Waals surface area contributed by atoms with Crippen LogP contribution in [0.4, 0.5) is 0 Å². The smallest absolute Gasteiger partial charge is 0.133 e. The quantitative estimate of drug-likeness (QED) is 0.576. The second kappa shape index (κ2) is 6.71. The van der Waals surface area contributed by atoms with E-state index >= 15 is 0 Å². The molecule has 0 atom stereocenters. The highest BCUT2D eigenvalue weighted by molar-refractivity contribution is 7.99. The van der Waals surface area contributed by atoms with Crippen LogP contribution in [-0.4, -0.2) is 17.3 Å². The molecule has 0 aliphatic carbocycles. The Morgan fingerprint density at radius 3 is 2.55 bits per heavy atom. The zero-order valence-corrected chi connectivity index (χ0v) is 8.54. The fourth-order valence-corrected chi connectivity index (χ4v) is 1.55. The largest absolute Gasteiger partial charge is 0.300 e. The summed E-state index contributed by atoms with van der Waals surface area (Å²) in [4.78, 5) is 11.1. The third-order valence-electron chi connectivity index (χ3n) is 1.37. The monoisotopic (exact) mass is 174 g/mol. The summed E-state index contributed by atoms with van der Waals surface area (Å²) >= 11 is 1.84. The first-order valence-electron chi connectivity index (χ1n) is 4.26. The molecule has 0 heterocycles. The predicted molar refractivity (Wildman–Crippen MR) is 52.1 cm³/mol. The van der Waals surface area contributed by atoms with E-state index in [-0.39, 0.29) is 0 Å². The minimum atomic E-state index is 0.418. The summed E-state index contributed by atoms with van der Waals surface area (Å²) in [6.45, 7) is 6.30. The van der Waals surface area contributed by atoms with Crippen LogP contribution in [0, 0.1) is 5.92 Å². The van der Waals surface area contributed by atoms with E-state index in [0.717, 1.165) is 24.3 Å². The van der Waals surface area contributed by atoms with Crippen LogP contribution in [0.25, 0.3) is 0 Å². The molecular weight excluding hydrogens is 156 g/mol. The molecule has 0 spiro atoms. The van der Waals surface area contributed by atoms with Gasteiger partial charge in [-0.15, -0.1) is 0 Å². The van der Waals surface area contributed by atoms with Crippen molar-refractivity contribution >= 4 is 17.5 Å².